The van der Waals surface area contributed by atoms with Crippen molar-refractivity contribution in [1.29, 1.82) is 0 Å². The molecule has 0 radical (unpaired) electrons. The highest BCUT2D eigenvalue weighted by atomic mass is 35.5. The van der Waals surface area contributed by atoms with Gasteiger partial charge in [0.15, 0.2) is 11.6 Å². The number of aliphatic hydroxyl groups excluding tert-OH is 1. The summed E-state index contributed by atoms with van der Waals surface area (Å²) in [4.78, 5) is 0. The maximum absolute atomic E-state index is 13.6. The zero-order valence-corrected chi connectivity index (χ0v) is 10.5. The molecular formula is C13H8Cl2F2O. The number of halogens is 4. The zero-order chi connectivity index (χ0) is 13.3. The van der Waals surface area contributed by atoms with E-state index in [1.54, 1.807) is 12.1 Å². The Morgan fingerprint density at radius 3 is 2.28 bits per heavy atom. The van der Waals surface area contributed by atoms with Gasteiger partial charge in [0, 0.05) is 11.1 Å². The molecule has 5 heteroatoms. The molecule has 18 heavy (non-hydrogen) atoms. The molecule has 2 rings (SSSR count). The van der Waals surface area contributed by atoms with E-state index in [2.05, 4.69) is 0 Å². The molecule has 1 nitrogen and oxygen atoms in total. The Kier molecular flexibility index (Phi) is 3.85. The fraction of sp³-hybridized carbons (Fsp3) is 0.0769. The Bertz CT molecular complexity index is 536. The second kappa shape index (κ2) is 5.22. The summed E-state index contributed by atoms with van der Waals surface area (Å²) >= 11 is 11.7. The Morgan fingerprint density at radius 1 is 0.944 bits per heavy atom. The van der Waals surface area contributed by atoms with E-state index in [0.717, 1.165) is 6.07 Å². The number of hydrogen-bond acceptors (Lipinski definition) is 1. The molecule has 0 bridgehead atoms. The van der Waals surface area contributed by atoms with E-state index in [4.69, 9.17) is 23.2 Å². The van der Waals surface area contributed by atoms with Gasteiger partial charge < -0.3 is 5.11 Å². The third-order valence-corrected chi connectivity index (χ3v) is 3.39. The minimum atomic E-state index is -1.37. The predicted molar refractivity (Wildman–Crippen MR) is 66.9 cm³/mol. The van der Waals surface area contributed by atoms with Gasteiger partial charge in [-0.2, -0.15) is 0 Å². The van der Waals surface area contributed by atoms with Gasteiger partial charge in [-0.05, 0) is 12.1 Å². The lowest BCUT2D eigenvalue weighted by Gasteiger charge is -2.14. The summed E-state index contributed by atoms with van der Waals surface area (Å²) in [7, 11) is 0. The third kappa shape index (κ3) is 2.34. The monoisotopic (exact) mass is 288 g/mol. The number of hydrogen-bond donors (Lipinski definition) is 1. The standard InChI is InChI=1S/C13H8Cl2F2O/c14-9-5-1-3-7(11(9)15)13(18)8-4-2-6-10(16)12(8)17/h1-6,13,18H. The van der Waals surface area contributed by atoms with Gasteiger partial charge in [0.1, 0.15) is 6.10 Å². The highest BCUT2D eigenvalue weighted by Gasteiger charge is 2.20. The molecule has 2 aromatic rings. The lowest BCUT2D eigenvalue weighted by atomic mass is 10.0. The van der Waals surface area contributed by atoms with Gasteiger partial charge in [0.25, 0.3) is 0 Å². The van der Waals surface area contributed by atoms with Gasteiger partial charge in [-0.25, -0.2) is 8.78 Å². The van der Waals surface area contributed by atoms with Crippen LogP contribution in [0, 0.1) is 11.6 Å². The van der Waals surface area contributed by atoms with E-state index in [-0.39, 0.29) is 21.2 Å². The highest BCUT2D eigenvalue weighted by molar-refractivity contribution is 6.42. The lowest BCUT2D eigenvalue weighted by molar-refractivity contribution is 0.213. The summed E-state index contributed by atoms with van der Waals surface area (Å²) in [6, 6.07) is 8.20. The fourth-order valence-electron chi connectivity index (χ4n) is 1.63. The lowest BCUT2D eigenvalue weighted by Crippen LogP contribution is -2.05. The summed E-state index contributed by atoms with van der Waals surface area (Å²) in [6.07, 6.45) is -1.37. The van der Waals surface area contributed by atoms with Crippen molar-refractivity contribution in [2.45, 2.75) is 6.10 Å². The Labute approximate surface area is 113 Å². The first-order valence-electron chi connectivity index (χ1n) is 5.08. The van der Waals surface area contributed by atoms with Crippen molar-refractivity contribution < 1.29 is 13.9 Å². The molecule has 0 aromatic heterocycles. The maximum Gasteiger partial charge on any atom is 0.164 e. The van der Waals surface area contributed by atoms with Crippen molar-refractivity contribution in [3.05, 3.63) is 69.2 Å². The van der Waals surface area contributed by atoms with Crippen LogP contribution in [0.2, 0.25) is 10.0 Å². The van der Waals surface area contributed by atoms with Crippen molar-refractivity contribution >= 4 is 23.2 Å². The average Bonchev–Trinajstić information content (AvgIpc) is 2.35. The molecule has 1 unspecified atom stereocenters. The maximum atomic E-state index is 13.6. The van der Waals surface area contributed by atoms with Crippen LogP contribution in [0.4, 0.5) is 8.78 Å². The first-order valence-corrected chi connectivity index (χ1v) is 5.84. The molecule has 0 spiro atoms. The van der Waals surface area contributed by atoms with E-state index in [9.17, 15) is 13.9 Å². The zero-order valence-electron chi connectivity index (χ0n) is 9.00. The largest absolute Gasteiger partial charge is 0.383 e. The first kappa shape index (κ1) is 13.3. The van der Waals surface area contributed by atoms with Crippen molar-refractivity contribution in [3.8, 4) is 0 Å². The summed E-state index contributed by atoms with van der Waals surface area (Å²) in [5.41, 5.74) is 0.0489. The number of benzene rings is 2. The first-order chi connectivity index (χ1) is 8.52. The van der Waals surface area contributed by atoms with Gasteiger partial charge >= 0.3 is 0 Å². The van der Waals surface area contributed by atoms with Crippen LogP contribution >= 0.6 is 23.2 Å². The quantitative estimate of drug-likeness (QED) is 0.871. The molecule has 0 aliphatic carbocycles. The Hall–Kier alpha value is -1.16. The normalized spacial score (nSPS) is 12.5. The summed E-state index contributed by atoms with van der Waals surface area (Å²) in [5, 5.41) is 10.4. The number of aliphatic hydroxyl groups is 1. The second-order valence-corrected chi connectivity index (χ2v) is 4.47. The van der Waals surface area contributed by atoms with E-state index in [1.165, 1.54) is 18.2 Å². The van der Waals surface area contributed by atoms with Crippen molar-refractivity contribution in [1.82, 2.24) is 0 Å². The molecule has 94 valence electrons. The smallest absolute Gasteiger partial charge is 0.164 e. The van der Waals surface area contributed by atoms with Crippen LogP contribution < -0.4 is 0 Å². The van der Waals surface area contributed by atoms with E-state index >= 15 is 0 Å². The van der Waals surface area contributed by atoms with Crippen LogP contribution in [0.5, 0.6) is 0 Å². The highest BCUT2D eigenvalue weighted by Crippen LogP contribution is 2.34. The van der Waals surface area contributed by atoms with Gasteiger partial charge in [-0.3, -0.25) is 0 Å². The molecule has 1 atom stereocenters. The second-order valence-electron chi connectivity index (χ2n) is 3.69. The van der Waals surface area contributed by atoms with Crippen molar-refractivity contribution in [2.24, 2.45) is 0 Å². The summed E-state index contributed by atoms with van der Waals surface area (Å²) in [5.74, 6) is -2.12. The van der Waals surface area contributed by atoms with Gasteiger partial charge in [0.2, 0.25) is 0 Å². The Morgan fingerprint density at radius 2 is 1.56 bits per heavy atom. The molecule has 1 N–H and O–H groups in total. The van der Waals surface area contributed by atoms with Gasteiger partial charge in [-0.15, -0.1) is 0 Å². The minimum absolute atomic E-state index is 0.121. The molecule has 0 heterocycles. The molecule has 0 aliphatic rings. The van der Waals surface area contributed by atoms with Crippen LogP contribution in [-0.4, -0.2) is 5.11 Å². The SMILES string of the molecule is OC(c1cccc(F)c1F)c1cccc(Cl)c1Cl. The molecule has 0 amide bonds. The van der Waals surface area contributed by atoms with Crippen LogP contribution in [0.25, 0.3) is 0 Å². The Balaban J connectivity index is 2.51. The van der Waals surface area contributed by atoms with Crippen LogP contribution in [0.3, 0.4) is 0 Å². The summed E-state index contributed by atoms with van der Waals surface area (Å²) < 4.78 is 26.6. The van der Waals surface area contributed by atoms with Crippen molar-refractivity contribution in [2.75, 3.05) is 0 Å². The fourth-order valence-corrected chi connectivity index (χ4v) is 2.04. The predicted octanol–water partition coefficient (Wildman–Crippen LogP) is 4.35. The number of rotatable bonds is 2. The molecule has 0 aliphatic heterocycles. The molecule has 0 saturated heterocycles. The van der Waals surface area contributed by atoms with Crippen LogP contribution in [0.1, 0.15) is 17.2 Å². The van der Waals surface area contributed by atoms with Gasteiger partial charge in [0.05, 0.1) is 10.0 Å². The summed E-state index contributed by atoms with van der Waals surface area (Å²) in [6.45, 7) is 0. The van der Waals surface area contributed by atoms with E-state index < -0.39 is 17.7 Å². The topological polar surface area (TPSA) is 20.2 Å². The van der Waals surface area contributed by atoms with Crippen LogP contribution in [0.15, 0.2) is 36.4 Å². The average molecular weight is 289 g/mol. The van der Waals surface area contributed by atoms with Gasteiger partial charge in [-0.1, -0.05) is 47.5 Å². The third-order valence-electron chi connectivity index (χ3n) is 2.55. The molecule has 0 fully saturated rings. The van der Waals surface area contributed by atoms with Crippen LogP contribution in [-0.2, 0) is 0 Å². The molecule has 2 aromatic carbocycles. The molecular weight excluding hydrogens is 281 g/mol. The minimum Gasteiger partial charge on any atom is -0.383 e. The van der Waals surface area contributed by atoms with Crippen molar-refractivity contribution in [3.63, 3.8) is 0 Å². The van der Waals surface area contributed by atoms with E-state index in [1.807, 2.05) is 0 Å². The molecule has 0 saturated carbocycles. The van der Waals surface area contributed by atoms with E-state index in [0.29, 0.717) is 0 Å².